The number of para-hydroxylation sites is 1. The maximum Gasteiger partial charge on any atom is 0.273 e. The van der Waals surface area contributed by atoms with Gasteiger partial charge >= 0.3 is 0 Å². The lowest BCUT2D eigenvalue weighted by atomic mass is 10.1. The number of hydrogen-bond donors (Lipinski definition) is 0. The molecule has 0 bridgehead atoms. The van der Waals surface area contributed by atoms with Crippen LogP contribution in [0.2, 0.25) is 0 Å². The van der Waals surface area contributed by atoms with Crippen molar-refractivity contribution in [2.24, 2.45) is 0 Å². The molecule has 4 aromatic rings. The van der Waals surface area contributed by atoms with Gasteiger partial charge in [-0.3, -0.25) is 14.2 Å². The number of carbonyl (C=O) groups excluding carboxylic acids is 2. The highest BCUT2D eigenvalue weighted by atomic mass is 32.2. The summed E-state index contributed by atoms with van der Waals surface area (Å²) in [6.07, 6.45) is 0.676. The van der Waals surface area contributed by atoms with Gasteiger partial charge in [-0.25, -0.2) is 4.98 Å². The number of aromatic nitrogens is 4. The van der Waals surface area contributed by atoms with Gasteiger partial charge in [0.05, 0.1) is 11.4 Å². The van der Waals surface area contributed by atoms with Gasteiger partial charge in [-0.2, -0.15) is 0 Å². The molecule has 10 heteroatoms. The molecular weight excluding hydrogens is 504 g/mol. The summed E-state index contributed by atoms with van der Waals surface area (Å²) in [5, 5.41) is 12.5. The Balaban J connectivity index is 1.31. The summed E-state index contributed by atoms with van der Waals surface area (Å²) in [5.74, 6) is 1.43. The predicted molar refractivity (Wildman–Crippen MR) is 145 cm³/mol. The van der Waals surface area contributed by atoms with Crippen LogP contribution in [0.4, 0.5) is 0 Å². The van der Waals surface area contributed by atoms with Crippen LogP contribution in [-0.4, -0.2) is 67.5 Å². The Morgan fingerprint density at radius 1 is 0.946 bits per heavy atom. The Labute approximate surface area is 224 Å². The molecular formula is C27H28N6O2S2. The fourth-order valence-corrected chi connectivity index (χ4v) is 6.08. The zero-order valence-electron chi connectivity index (χ0n) is 20.8. The molecule has 2 aromatic carbocycles. The number of rotatable bonds is 7. The third-order valence-corrected chi connectivity index (χ3v) is 8.34. The second-order valence-corrected chi connectivity index (χ2v) is 10.8. The van der Waals surface area contributed by atoms with Crippen molar-refractivity contribution in [3.63, 3.8) is 0 Å². The molecule has 0 radical (unpaired) electrons. The van der Waals surface area contributed by atoms with E-state index in [1.54, 1.807) is 28.5 Å². The van der Waals surface area contributed by atoms with Crippen molar-refractivity contribution in [2.75, 3.05) is 26.2 Å². The van der Waals surface area contributed by atoms with Gasteiger partial charge in [0.1, 0.15) is 16.5 Å². The Morgan fingerprint density at radius 3 is 2.38 bits per heavy atom. The van der Waals surface area contributed by atoms with Crippen LogP contribution in [0.25, 0.3) is 5.69 Å². The smallest absolute Gasteiger partial charge is 0.273 e. The summed E-state index contributed by atoms with van der Waals surface area (Å²) in [4.78, 5) is 32.7. The Morgan fingerprint density at radius 2 is 1.65 bits per heavy atom. The number of benzene rings is 2. The van der Waals surface area contributed by atoms with E-state index >= 15 is 0 Å². The third kappa shape index (κ3) is 5.75. The largest absolute Gasteiger partial charge is 0.339 e. The topological polar surface area (TPSA) is 84.2 Å². The molecule has 1 fully saturated rings. The quantitative estimate of drug-likeness (QED) is 0.332. The minimum Gasteiger partial charge on any atom is -0.339 e. The van der Waals surface area contributed by atoms with Gasteiger partial charge in [0.2, 0.25) is 5.91 Å². The van der Waals surface area contributed by atoms with E-state index in [0.717, 1.165) is 27.2 Å². The number of thiazole rings is 1. The molecule has 0 spiro atoms. The summed E-state index contributed by atoms with van der Waals surface area (Å²) in [7, 11) is 0. The van der Waals surface area contributed by atoms with Gasteiger partial charge in [-0.1, -0.05) is 60.3 Å². The lowest BCUT2D eigenvalue weighted by molar-refractivity contribution is -0.130. The molecule has 0 N–H and O–H groups in total. The maximum atomic E-state index is 13.0. The van der Waals surface area contributed by atoms with Crippen LogP contribution in [0.15, 0.2) is 65.1 Å². The molecule has 190 valence electrons. The first-order valence-electron chi connectivity index (χ1n) is 12.2. The van der Waals surface area contributed by atoms with Crippen molar-refractivity contribution in [2.45, 2.75) is 31.2 Å². The van der Waals surface area contributed by atoms with E-state index in [1.807, 2.05) is 35.7 Å². The van der Waals surface area contributed by atoms with E-state index in [-0.39, 0.29) is 11.8 Å². The van der Waals surface area contributed by atoms with Crippen molar-refractivity contribution in [3.05, 3.63) is 87.6 Å². The second-order valence-electron chi connectivity index (χ2n) is 8.90. The number of piperazine rings is 1. The molecule has 0 saturated carbocycles. The lowest BCUT2D eigenvalue weighted by Gasteiger charge is -2.33. The first kappa shape index (κ1) is 25.2. The highest BCUT2D eigenvalue weighted by molar-refractivity contribution is 7.98. The molecule has 8 nitrogen and oxygen atoms in total. The van der Waals surface area contributed by atoms with Crippen LogP contribution in [0.5, 0.6) is 0 Å². The molecule has 1 aliphatic heterocycles. The summed E-state index contributed by atoms with van der Waals surface area (Å²) in [5.41, 5.74) is 3.83. The SMILES string of the molecule is CC(=O)N1CCN(C(=O)c2csc(CSc3nnc(Cc4ccccc4)n3-c3ccccc3C)n2)CC1. The number of nitrogens with zero attached hydrogens (tertiary/aromatic N) is 6. The van der Waals surface area contributed by atoms with Gasteiger partial charge in [-0.15, -0.1) is 21.5 Å². The minimum absolute atomic E-state index is 0.0468. The number of thioether (sulfide) groups is 1. The number of amides is 2. The van der Waals surface area contributed by atoms with Crippen molar-refractivity contribution in [1.82, 2.24) is 29.5 Å². The summed E-state index contributed by atoms with van der Waals surface area (Å²) in [6, 6.07) is 18.5. The highest BCUT2D eigenvalue weighted by Crippen LogP contribution is 2.29. The Hall–Kier alpha value is -3.50. The monoisotopic (exact) mass is 532 g/mol. The molecule has 0 unspecified atom stereocenters. The van der Waals surface area contributed by atoms with Crippen molar-refractivity contribution >= 4 is 34.9 Å². The molecule has 0 atom stereocenters. The van der Waals surface area contributed by atoms with Gasteiger partial charge in [0.15, 0.2) is 5.16 Å². The van der Waals surface area contributed by atoms with Crippen LogP contribution in [0, 0.1) is 6.92 Å². The molecule has 2 aromatic heterocycles. The Kier molecular flexibility index (Phi) is 7.66. The fraction of sp³-hybridized carbons (Fsp3) is 0.296. The van der Waals surface area contributed by atoms with Gasteiger partial charge in [0, 0.05) is 44.9 Å². The number of hydrogen-bond acceptors (Lipinski definition) is 7. The predicted octanol–water partition coefficient (Wildman–Crippen LogP) is 4.22. The average molecular weight is 533 g/mol. The first-order chi connectivity index (χ1) is 18.0. The average Bonchev–Trinajstić information content (AvgIpc) is 3.55. The normalized spacial score (nSPS) is 13.7. The van der Waals surface area contributed by atoms with Crippen molar-refractivity contribution < 1.29 is 9.59 Å². The number of aryl methyl sites for hydroxylation is 1. The molecule has 1 aliphatic rings. The van der Waals surface area contributed by atoms with Crippen LogP contribution >= 0.6 is 23.1 Å². The van der Waals surface area contributed by atoms with E-state index in [9.17, 15) is 9.59 Å². The van der Waals surface area contributed by atoms with Crippen molar-refractivity contribution in [3.8, 4) is 5.69 Å². The van der Waals surface area contributed by atoms with Gasteiger partial charge in [0.25, 0.3) is 5.91 Å². The van der Waals surface area contributed by atoms with E-state index in [0.29, 0.717) is 44.0 Å². The molecule has 37 heavy (non-hydrogen) atoms. The fourth-order valence-electron chi connectivity index (χ4n) is 4.33. The molecule has 1 saturated heterocycles. The zero-order chi connectivity index (χ0) is 25.8. The second kappa shape index (κ2) is 11.3. The molecule has 3 heterocycles. The van der Waals surface area contributed by atoms with E-state index in [4.69, 9.17) is 0 Å². The van der Waals surface area contributed by atoms with Gasteiger partial charge < -0.3 is 9.80 Å². The van der Waals surface area contributed by atoms with Crippen molar-refractivity contribution in [1.29, 1.82) is 0 Å². The molecule has 0 aliphatic carbocycles. The lowest BCUT2D eigenvalue weighted by Crippen LogP contribution is -2.50. The highest BCUT2D eigenvalue weighted by Gasteiger charge is 2.25. The molecule has 5 rings (SSSR count). The van der Waals surface area contributed by atoms with E-state index in [2.05, 4.69) is 50.9 Å². The zero-order valence-corrected chi connectivity index (χ0v) is 22.5. The minimum atomic E-state index is -0.0797. The third-order valence-electron chi connectivity index (χ3n) is 6.37. The summed E-state index contributed by atoms with van der Waals surface area (Å²) >= 11 is 3.05. The van der Waals surface area contributed by atoms with Gasteiger partial charge in [-0.05, 0) is 24.1 Å². The summed E-state index contributed by atoms with van der Waals surface area (Å²) in [6.45, 7) is 5.84. The van der Waals surface area contributed by atoms with Crippen LogP contribution in [0.1, 0.15) is 39.4 Å². The maximum absolute atomic E-state index is 13.0. The molecule has 2 amide bonds. The summed E-state index contributed by atoms with van der Waals surface area (Å²) < 4.78 is 2.13. The Bertz CT molecular complexity index is 1390. The standard InChI is InChI=1S/C27H28N6O2S2/c1-19-8-6-7-11-23(19)33-24(16-21-9-4-3-5-10-21)29-30-27(33)37-18-25-28-22(17-36-25)26(35)32-14-12-31(13-15-32)20(2)34/h3-11,17H,12-16,18H2,1-2H3. The van der Waals surface area contributed by atoms with E-state index < -0.39 is 0 Å². The van der Waals surface area contributed by atoms with Crippen LogP contribution < -0.4 is 0 Å². The first-order valence-corrected chi connectivity index (χ1v) is 14.0. The van der Waals surface area contributed by atoms with E-state index in [1.165, 1.54) is 16.9 Å². The van der Waals surface area contributed by atoms with Crippen LogP contribution in [0.3, 0.4) is 0 Å². The number of carbonyl (C=O) groups is 2. The van der Waals surface area contributed by atoms with Crippen LogP contribution in [-0.2, 0) is 17.0 Å².